The average Bonchev–Trinajstić information content (AvgIpc) is 2.50. The van der Waals surface area contributed by atoms with Crippen LogP contribution in [0.15, 0.2) is 29.3 Å². The number of rotatable bonds is 5. The van der Waals surface area contributed by atoms with Crippen LogP contribution in [0.3, 0.4) is 0 Å². The Morgan fingerprint density at radius 1 is 1.29 bits per heavy atom. The van der Waals surface area contributed by atoms with Crippen LogP contribution in [-0.2, 0) is 6.18 Å². The molecule has 1 N–H and O–H groups in total. The van der Waals surface area contributed by atoms with E-state index in [1.165, 1.54) is 6.20 Å². The van der Waals surface area contributed by atoms with Gasteiger partial charge in [0.25, 0.3) is 5.56 Å². The fraction of sp³-hybridized carbons (Fsp3) is 0.400. The fourth-order valence-corrected chi connectivity index (χ4v) is 2.09. The predicted molar refractivity (Wildman–Crippen MR) is 85.6 cm³/mol. The summed E-state index contributed by atoms with van der Waals surface area (Å²) in [6, 6.07) is 1.90. The van der Waals surface area contributed by atoms with Crippen LogP contribution in [0.25, 0.3) is 5.82 Å². The van der Waals surface area contributed by atoms with Crippen LogP contribution < -0.4 is 10.9 Å². The zero-order valence-electron chi connectivity index (χ0n) is 13.1. The van der Waals surface area contributed by atoms with Crippen molar-refractivity contribution in [2.24, 2.45) is 5.92 Å². The molecule has 2 aromatic heterocycles. The first-order valence-electron chi connectivity index (χ1n) is 7.25. The van der Waals surface area contributed by atoms with Gasteiger partial charge in [0.2, 0.25) is 0 Å². The van der Waals surface area contributed by atoms with Crippen LogP contribution in [0, 0.1) is 5.92 Å². The molecule has 0 radical (unpaired) electrons. The Kier molecular flexibility index (Phi) is 5.48. The van der Waals surface area contributed by atoms with Crippen LogP contribution in [0.1, 0.15) is 25.8 Å². The molecule has 24 heavy (non-hydrogen) atoms. The molecule has 5 nitrogen and oxygen atoms in total. The maximum atomic E-state index is 12.5. The molecule has 0 aromatic carbocycles. The van der Waals surface area contributed by atoms with E-state index >= 15 is 0 Å². The van der Waals surface area contributed by atoms with E-state index in [1.807, 2.05) is 0 Å². The summed E-state index contributed by atoms with van der Waals surface area (Å²) >= 11 is 6.02. The molecule has 0 aliphatic rings. The number of halogens is 4. The molecule has 0 spiro atoms. The summed E-state index contributed by atoms with van der Waals surface area (Å²) in [5.41, 5.74) is -1.18. The van der Waals surface area contributed by atoms with E-state index in [9.17, 15) is 18.0 Å². The lowest BCUT2D eigenvalue weighted by Gasteiger charge is -2.11. The van der Waals surface area contributed by atoms with E-state index in [1.54, 1.807) is 0 Å². The van der Waals surface area contributed by atoms with E-state index in [0.29, 0.717) is 24.3 Å². The first-order valence-corrected chi connectivity index (χ1v) is 7.63. The molecule has 0 atom stereocenters. The third kappa shape index (κ3) is 4.25. The first-order chi connectivity index (χ1) is 11.2. The van der Waals surface area contributed by atoms with Crippen molar-refractivity contribution in [3.8, 4) is 5.82 Å². The van der Waals surface area contributed by atoms with Crippen molar-refractivity contribution >= 4 is 17.3 Å². The predicted octanol–water partition coefficient (Wildman–Crippen LogP) is 3.76. The second-order valence-electron chi connectivity index (χ2n) is 5.60. The van der Waals surface area contributed by atoms with E-state index in [-0.39, 0.29) is 10.8 Å². The Morgan fingerprint density at radius 3 is 2.54 bits per heavy atom. The lowest BCUT2D eigenvalue weighted by molar-refractivity contribution is -0.137. The van der Waals surface area contributed by atoms with Crippen molar-refractivity contribution in [2.45, 2.75) is 26.4 Å². The van der Waals surface area contributed by atoms with Crippen LogP contribution in [0.4, 0.5) is 18.9 Å². The molecule has 0 saturated heterocycles. The summed E-state index contributed by atoms with van der Waals surface area (Å²) in [6.07, 6.45) is -1.61. The van der Waals surface area contributed by atoms with Gasteiger partial charge in [0.05, 0.1) is 17.4 Å². The van der Waals surface area contributed by atoms with Gasteiger partial charge in [-0.1, -0.05) is 25.4 Å². The quantitative estimate of drug-likeness (QED) is 0.882. The average molecular weight is 361 g/mol. The third-order valence-electron chi connectivity index (χ3n) is 3.25. The summed E-state index contributed by atoms with van der Waals surface area (Å²) in [7, 11) is 0. The molecule has 0 unspecified atom stereocenters. The van der Waals surface area contributed by atoms with Crippen molar-refractivity contribution in [1.29, 1.82) is 0 Å². The molecule has 9 heteroatoms. The fourth-order valence-electron chi connectivity index (χ4n) is 1.89. The second-order valence-corrected chi connectivity index (χ2v) is 5.98. The number of anilines is 1. The van der Waals surface area contributed by atoms with Gasteiger partial charge in [-0.3, -0.25) is 4.79 Å². The second kappa shape index (κ2) is 7.21. The minimum atomic E-state index is -4.49. The highest BCUT2D eigenvalue weighted by Gasteiger charge is 2.30. The number of aromatic nitrogens is 3. The van der Waals surface area contributed by atoms with E-state index in [2.05, 4.69) is 29.2 Å². The highest BCUT2D eigenvalue weighted by molar-refractivity contribution is 6.32. The van der Waals surface area contributed by atoms with Gasteiger partial charge in [-0.05, 0) is 24.5 Å². The van der Waals surface area contributed by atoms with E-state index < -0.39 is 17.3 Å². The summed E-state index contributed by atoms with van der Waals surface area (Å²) in [5.74, 6) is 0.449. The Hall–Kier alpha value is -2.09. The van der Waals surface area contributed by atoms with Gasteiger partial charge in [-0.25, -0.2) is 4.98 Å². The lowest BCUT2D eigenvalue weighted by atomic mass is 10.1. The highest BCUT2D eigenvalue weighted by Crippen LogP contribution is 2.28. The molecule has 2 rings (SSSR count). The molecular formula is C15H16ClF3N4O. The molecule has 0 fully saturated rings. The summed E-state index contributed by atoms with van der Waals surface area (Å²) in [6.45, 7) is 4.76. The smallest absolute Gasteiger partial charge is 0.382 e. The molecule has 0 saturated carbocycles. The van der Waals surface area contributed by atoms with Crippen LogP contribution >= 0.6 is 11.6 Å². The first kappa shape index (κ1) is 18.3. The van der Waals surface area contributed by atoms with E-state index in [0.717, 1.165) is 23.2 Å². The number of alkyl halides is 3. The summed E-state index contributed by atoms with van der Waals surface area (Å²) in [4.78, 5) is 15.9. The summed E-state index contributed by atoms with van der Waals surface area (Å²) in [5, 5.41) is 6.84. The Bertz CT molecular complexity index is 757. The monoisotopic (exact) mass is 360 g/mol. The van der Waals surface area contributed by atoms with Crippen LogP contribution in [0.5, 0.6) is 0 Å². The Labute approximate surface area is 141 Å². The van der Waals surface area contributed by atoms with Gasteiger partial charge < -0.3 is 5.32 Å². The van der Waals surface area contributed by atoms with Gasteiger partial charge in [-0.2, -0.15) is 23.0 Å². The van der Waals surface area contributed by atoms with Crippen molar-refractivity contribution in [2.75, 3.05) is 11.9 Å². The van der Waals surface area contributed by atoms with Crippen LogP contribution in [-0.4, -0.2) is 21.3 Å². The largest absolute Gasteiger partial charge is 0.417 e. The van der Waals surface area contributed by atoms with Gasteiger partial charge >= 0.3 is 6.18 Å². The lowest BCUT2D eigenvalue weighted by Crippen LogP contribution is -2.24. The van der Waals surface area contributed by atoms with Gasteiger partial charge in [0.1, 0.15) is 5.02 Å². The molecule has 0 amide bonds. The normalized spacial score (nSPS) is 11.8. The zero-order chi connectivity index (χ0) is 17.9. The molecule has 0 aliphatic carbocycles. The Balaban J connectivity index is 2.26. The molecule has 0 aliphatic heterocycles. The Morgan fingerprint density at radius 2 is 2.00 bits per heavy atom. The minimum absolute atomic E-state index is 0.0383. The summed E-state index contributed by atoms with van der Waals surface area (Å²) < 4.78 is 38.5. The number of pyridine rings is 1. The van der Waals surface area contributed by atoms with Gasteiger partial charge in [0.15, 0.2) is 5.82 Å². The SMILES string of the molecule is CC(C)CCNc1cnn(-c2ccc(C(F)(F)F)cn2)c(=O)c1Cl. The number of nitrogens with one attached hydrogen (secondary N) is 1. The van der Waals surface area contributed by atoms with Gasteiger partial charge in [0, 0.05) is 12.7 Å². The standard InChI is InChI=1S/C15H16ClF3N4O/c1-9(2)5-6-20-11-8-22-23(14(24)13(11)16)12-4-3-10(7-21-12)15(17,18)19/h3-4,7-9,20H,5-6H2,1-2H3. The molecule has 2 aromatic rings. The topological polar surface area (TPSA) is 59.8 Å². The third-order valence-corrected chi connectivity index (χ3v) is 3.61. The van der Waals surface area contributed by atoms with Crippen molar-refractivity contribution < 1.29 is 13.2 Å². The number of nitrogens with zero attached hydrogens (tertiary/aromatic N) is 3. The molecular weight excluding hydrogens is 345 g/mol. The molecule has 0 bridgehead atoms. The minimum Gasteiger partial charge on any atom is -0.382 e. The maximum Gasteiger partial charge on any atom is 0.417 e. The van der Waals surface area contributed by atoms with E-state index in [4.69, 9.17) is 11.6 Å². The highest BCUT2D eigenvalue weighted by atomic mass is 35.5. The van der Waals surface area contributed by atoms with Crippen LogP contribution in [0.2, 0.25) is 5.02 Å². The number of hydrogen-bond acceptors (Lipinski definition) is 4. The van der Waals surface area contributed by atoms with Crippen molar-refractivity contribution in [3.63, 3.8) is 0 Å². The van der Waals surface area contributed by atoms with Crippen molar-refractivity contribution in [3.05, 3.63) is 45.5 Å². The van der Waals surface area contributed by atoms with Crippen molar-refractivity contribution in [1.82, 2.24) is 14.8 Å². The number of hydrogen-bond donors (Lipinski definition) is 1. The maximum absolute atomic E-state index is 12.5. The zero-order valence-corrected chi connectivity index (χ0v) is 13.8. The van der Waals surface area contributed by atoms with Gasteiger partial charge in [-0.15, -0.1) is 0 Å². The molecule has 130 valence electrons. The molecule has 2 heterocycles.